The Balaban J connectivity index is 1.82. The molecule has 3 rings (SSSR count). The van der Waals surface area contributed by atoms with Gasteiger partial charge in [0.15, 0.2) is 5.17 Å². The topological polar surface area (TPSA) is 52.9 Å². The third-order valence-corrected chi connectivity index (χ3v) is 4.62. The van der Waals surface area contributed by atoms with Crippen LogP contribution in [0.1, 0.15) is 12.5 Å². The van der Waals surface area contributed by atoms with Crippen LogP contribution in [0.4, 0.5) is 5.69 Å². The van der Waals surface area contributed by atoms with Gasteiger partial charge in [-0.2, -0.15) is 0 Å². The molecule has 0 atom stereocenters. The van der Waals surface area contributed by atoms with E-state index in [2.05, 4.69) is 4.99 Å². The minimum atomic E-state index is -0.0517. The molecular weight excluding hydrogens is 332 g/mol. The fourth-order valence-corrected chi connectivity index (χ4v) is 3.38. The molecule has 5 heteroatoms. The maximum atomic E-state index is 12.5. The van der Waals surface area contributed by atoms with Gasteiger partial charge in [0.25, 0.3) is 5.91 Å². The Morgan fingerprint density at radius 3 is 2.68 bits per heavy atom. The second-order valence-electron chi connectivity index (χ2n) is 5.37. The highest BCUT2D eigenvalue weighted by Gasteiger charge is 2.31. The zero-order chi connectivity index (χ0) is 17.6. The number of phenols is 1. The van der Waals surface area contributed by atoms with Crippen molar-refractivity contribution in [1.82, 2.24) is 4.90 Å². The molecule has 1 saturated heterocycles. The van der Waals surface area contributed by atoms with Gasteiger partial charge in [0.05, 0.1) is 10.6 Å². The number of hydrogen-bond acceptors (Lipinski definition) is 4. The summed E-state index contributed by atoms with van der Waals surface area (Å²) in [5, 5.41) is 10.2. The zero-order valence-electron chi connectivity index (χ0n) is 13.8. The number of phenolic OH excluding ortho intramolecular Hbond substituents is 1. The fraction of sp³-hybridized carbons (Fsp3) is 0.100. The molecule has 1 aliphatic rings. The van der Waals surface area contributed by atoms with E-state index >= 15 is 0 Å². The SMILES string of the molecule is CCN1C(=O)/C(=C/C=C/c2ccccc2)SC1=Nc1cccc(O)c1. The van der Waals surface area contributed by atoms with Gasteiger partial charge in [0, 0.05) is 12.6 Å². The van der Waals surface area contributed by atoms with E-state index in [-0.39, 0.29) is 11.7 Å². The summed E-state index contributed by atoms with van der Waals surface area (Å²) in [6, 6.07) is 16.6. The van der Waals surface area contributed by atoms with Crippen LogP contribution >= 0.6 is 11.8 Å². The van der Waals surface area contributed by atoms with Crippen molar-refractivity contribution in [3.05, 3.63) is 77.2 Å². The van der Waals surface area contributed by atoms with Gasteiger partial charge in [-0.15, -0.1) is 0 Å². The summed E-state index contributed by atoms with van der Waals surface area (Å²) in [4.78, 5) is 19.3. The van der Waals surface area contributed by atoms with Crippen molar-refractivity contribution in [3.63, 3.8) is 0 Å². The maximum Gasteiger partial charge on any atom is 0.266 e. The lowest BCUT2D eigenvalue weighted by molar-refractivity contribution is -0.122. The number of amides is 1. The number of likely N-dealkylation sites (N-methyl/N-ethyl adjacent to an activating group) is 1. The predicted octanol–water partition coefficient (Wildman–Crippen LogP) is 4.57. The van der Waals surface area contributed by atoms with Crippen molar-refractivity contribution in [2.75, 3.05) is 6.54 Å². The normalized spacial score (nSPS) is 18.0. The lowest BCUT2D eigenvalue weighted by Crippen LogP contribution is -2.28. The van der Waals surface area contributed by atoms with Crippen molar-refractivity contribution in [3.8, 4) is 5.75 Å². The number of carbonyl (C=O) groups is 1. The van der Waals surface area contributed by atoms with E-state index in [9.17, 15) is 9.90 Å². The quantitative estimate of drug-likeness (QED) is 0.822. The van der Waals surface area contributed by atoms with Gasteiger partial charge >= 0.3 is 0 Å². The van der Waals surface area contributed by atoms with Crippen molar-refractivity contribution < 1.29 is 9.90 Å². The number of thioether (sulfide) groups is 1. The van der Waals surface area contributed by atoms with E-state index in [4.69, 9.17) is 0 Å². The summed E-state index contributed by atoms with van der Waals surface area (Å²) >= 11 is 1.34. The van der Waals surface area contributed by atoms with Crippen LogP contribution in [-0.4, -0.2) is 27.6 Å². The van der Waals surface area contributed by atoms with Gasteiger partial charge < -0.3 is 5.11 Å². The van der Waals surface area contributed by atoms with Crippen LogP contribution in [0.3, 0.4) is 0 Å². The minimum Gasteiger partial charge on any atom is -0.508 e. The molecule has 0 bridgehead atoms. The van der Waals surface area contributed by atoms with E-state index < -0.39 is 0 Å². The van der Waals surface area contributed by atoms with Crippen LogP contribution in [0.2, 0.25) is 0 Å². The van der Waals surface area contributed by atoms with E-state index in [1.54, 1.807) is 29.2 Å². The minimum absolute atomic E-state index is 0.0517. The van der Waals surface area contributed by atoms with E-state index in [0.717, 1.165) is 5.56 Å². The average molecular weight is 350 g/mol. The molecular formula is C20H18N2O2S. The molecule has 1 heterocycles. The van der Waals surface area contributed by atoms with Crippen LogP contribution in [0.25, 0.3) is 6.08 Å². The molecule has 0 saturated carbocycles. The van der Waals surface area contributed by atoms with Crippen molar-refractivity contribution in [1.29, 1.82) is 0 Å². The van der Waals surface area contributed by atoms with Gasteiger partial charge in [-0.1, -0.05) is 48.6 Å². The van der Waals surface area contributed by atoms with Crippen molar-refractivity contribution >= 4 is 34.6 Å². The average Bonchev–Trinajstić information content (AvgIpc) is 2.91. The number of aliphatic imine (C=N–C) groups is 1. The Bertz CT molecular complexity index is 857. The first-order chi connectivity index (χ1) is 12.2. The largest absolute Gasteiger partial charge is 0.508 e. The van der Waals surface area contributed by atoms with Gasteiger partial charge in [0.1, 0.15) is 5.75 Å². The molecule has 25 heavy (non-hydrogen) atoms. The van der Waals surface area contributed by atoms with E-state index in [1.807, 2.05) is 55.5 Å². The van der Waals surface area contributed by atoms with Crippen LogP contribution in [-0.2, 0) is 4.79 Å². The van der Waals surface area contributed by atoms with E-state index in [1.165, 1.54) is 11.8 Å². The highest BCUT2D eigenvalue weighted by atomic mass is 32.2. The Morgan fingerprint density at radius 2 is 1.96 bits per heavy atom. The standard InChI is InChI=1S/C20H18N2O2S/c1-2-22-19(24)18(13-6-10-15-8-4-3-5-9-15)25-20(22)21-16-11-7-12-17(23)14-16/h3-14,23H,2H2,1H3/b10-6+,18-13-,21-20?. The lowest BCUT2D eigenvalue weighted by atomic mass is 10.2. The molecule has 1 fully saturated rings. The molecule has 1 amide bonds. The smallest absolute Gasteiger partial charge is 0.266 e. The van der Waals surface area contributed by atoms with Crippen molar-refractivity contribution in [2.45, 2.75) is 6.92 Å². The van der Waals surface area contributed by atoms with E-state index in [0.29, 0.717) is 22.3 Å². The highest BCUT2D eigenvalue weighted by Crippen LogP contribution is 2.33. The second kappa shape index (κ2) is 7.85. The number of nitrogens with zero attached hydrogens (tertiary/aromatic N) is 2. The lowest BCUT2D eigenvalue weighted by Gasteiger charge is -2.11. The van der Waals surface area contributed by atoms with Gasteiger partial charge in [-0.05, 0) is 42.5 Å². The number of aromatic hydroxyl groups is 1. The predicted molar refractivity (Wildman–Crippen MR) is 104 cm³/mol. The van der Waals surface area contributed by atoms with Gasteiger partial charge in [-0.25, -0.2) is 4.99 Å². The molecule has 0 aliphatic carbocycles. The van der Waals surface area contributed by atoms with Crippen LogP contribution in [0, 0.1) is 0 Å². The number of carbonyl (C=O) groups excluding carboxylic acids is 1. The Morgan fingerprint density at radius 1 is 1.16 bits per heavy atom. The van der Waals surface area contributed by atoms with Crippen LogP contribution in [0.5, 0.6) is 5.75 Å². The van der Waals surface area contributed by atoms with Crippen molar-refractivity contribution in [2.24, 2.45) is 4.99 Å². The molecule has 0 spiro atoms. The molecule has 2 aromatic rings. The first-order valence-corrected chi connectivity index (χ1v) is 8.80. The monoisotopic (exact) mass is 350 g/mol. The molecule has 0 aromatic heterocycles. The maximum absolute atomic E-state index is 12.5. The first kappa shape index (κ1) is 17.0. The molecule has 2 aromatic carbocycles. The van der Waals surface area contributed by atoms with Gasteiger partial charge in [0.2, 0.25) is 0 Å². The number of amidine groups is 1. The molecule has 0 radical (unpaired) electrons. The first-order valence-electron chi connectivity index (χ1n) is 7.98. The molecule has 4 nitrogen and oxygen atoms in total. The summed E-state index contributed by atoms with van der Waals surface area (Å²) in [5.41, 5.74) is 1.70. The fourth-order valence-electron chi connectivity index (χ4n) is 2.37. The molecule has 0 unspecified atom stereocenters. The van der Waals surface area contributed by atoms with Gasteiger partial charge in [-0.3, -0.25) is 9.69 Å². The highest BCUT2D eigenvalue weighted by molar-refractivity contribution is 8.18. The summed E-state index contributed by atoms with van der Waals surface area (Å²) in [5.74, 6) is 0.102. The second-order valence-corrected chi connectivity index (χ2v) is 6.38. The zero-order valence-corrected chi connectivity index (χ0v) is 14.6. The third-order valence-electron chi connectivity index (χ3n) is 3.59. The third kappa shape index (κ3) is 4.19. The van der Waals surface area contributed by atoms with Crippen LogP contribution in [0.15, 0.2) is 76.6 Å². The molecule has 126 valence electrons. The van der Waals surface area contributed by atoms with Crippen LogP contribution < -0.4 is 0 Å². The Kier molecular flexibility index (Phi) is 5.36. The number of benzene rings is 2. The molecule has 1 aliphatic heterocycles. The summed E-state index contributed by atoms with van der Waals surface area (Å²) in [6.45, 7) is 2.46. The Hall–Kier alpha value is -2.79. The Labute approximate surface area is 151 Å². The number of allylic oxidation sites excluding steroid dienone is 2. The summed E-state index contributed by atoms with van der Waals surface area (Å²) in [7, 11) is 0. The number of rotatable bonds is 4. The summed E-state index contributed by atoms with van der Waals surface area (Å²) in [6.07, 6.45) is 5.65. The summed E-state index contributed by atoms with van der Waals surface area (Å²) < 4.78 is 0. The molecule has 1 N–H and O–H groups in total. The number of hydrogen-bond donors (Lipinski definition) is 1.